The predicted molar refractivity (Wildman–Crippen MR) is 141 cm³/mol. The first-order chi connectivity index (χ1) is 17.1. The molecule has 36 heavy (non-hydrogen) atoms. The number of ether oxygens (including phenoxy) is 1. The van der Waals surface area contributed by atoms with Crippen LogP contribution in [0, 0.1) is 25.2 Å². The molecule has 182 valence electrons. The first-order valence-corrected chi connectivity index (χ1v) is 12.5. The van der Waals surface area contributed by atoms with Gasteiger partial charge in [0.05, 0.1) is 28.3 Å². The van der Waals surface area contributed by atoms with Gasteiger partial charge >= 0.3 is 7.12 Å². The summed E-state index contributed by atoms with van der Waals surface area (Å²) in [5, 5.41) is 12.5. The van der Waals surface area contributed by atoms with Crippen molar-refractivity contribution in [1.29, 1.82) is 5.26 Å². The molecule has 1 aliphatic heterocycles. The fraction of sp³-hybridized carbons (Fsp3) is 0.308. The summed E-state index contributed by atoms with van der Waals surface area (Å²) in [6.45, 7) is 12.0. The van der Waals surface area contributed by atoms with E-state index >= 15 is 0 Å². The Labute approximate surface area is 214 Å². The Kier molecular flexibility index (Phi) is 5.95. The molecular weight excluding hydrogens is 473 g/mol. The van der Waals surface area contributed by atoms with Crippen LogP contribution in [0.2, 0.25) is 0 Å². The normalized spacial score (nSPS) is 16.2. The van der Waals surface area contributed by atoms with Crippen LogP contribution in [0.25, 0.3) is 10.3 Å². The van der Waals surface area contributed by atoms with E-state index in [1.165, 1.54) is 11.3 Å². The summed E-state index contributed by atoms with van der Waals surface area (Å²) in [5.41, 5.74) is 5.55. The van der Waals surface area contributed by atoms with E-state index in [1.54, 1.807) is 17.6 Å². The van der Waals surface area contributed by atoms with Crippen LogP contribution in [0.15, 0.2) is 41.9 Å². The summed E-state index contributed by atoms with van der Waals surface area (Å²) in [6, 6.07) is 13.6. The van der Waals surface area contributed by atoms with Gasteiger partial charge in [-0.25, -0.2) is 4.98 Å². The molecule has 0 spiro atoms. The molecule has 2 aromatic carbocycles. The van der Waals surface area contributed by atoms with E-state index in [0.717, 1.165) is 22.3 Å². The monoisotopic (exact) mass is 499 g/mol. The lowest BCUT2D eigenvalue weighted by Gasteiger charge is -2.32. The third-order valence-corrected chi connectivity index (χ3v) is 7.37. The first-order valence-electron chi connectivity index (χ1n) is 11.6. The van der Waals surface area contributed by atoms with Gasteiger partial charge in [0.25, 0.3) is 5.88 Å². The Morgan fingerprint density at radius 1 is 1.00 bits per heavy atom. The summed E-state index contributed by atoms with van der Waals surface area (Å²) in [5.74, 6) is 1.40. The average Bonchev–Trinajstić information content (AvgIpc) is 3.37. The molecule has 0 amide bonds. The number of anilines is 2. The van der Waals surface area contributed by atoms with Crippen LogP contribution in [-0.2, 0) is 9.31 Å². The van der Waals surface area contributed by atoms with E-state index in [2.05, 4.69) is 26.3 Å². The maximum absolute atomic E-state index is 9.24. The van der Waals surface area contributed by atoms with Gasteiger partial charge in [0.2, 0.25) is 5.95 Å². The van der Waals surface area contributed by atoms with Gasteiger partial charge in [-0.1, -0.05) is 12.1 Å². The summed E-state index contributed by atoms with van der Waals surface area (Å²) >= 11 is 1.41. The molecule has 0 radical (unpaired) electrons. The Balaban J connectivity index is 1.40. The van der Waals surface area contributed by atoms with Crippen LogP contribution in [0.3, 0.4) is 0 Å². The quantitative estimate of drug-likeness (QED) is 0.364. The van der Waals surface area contributed by atoms with Gasteiger partial charge in [-0.2, -0.15) is 15.2 Å². The van der Waals surface area contributed by atoms with Crippen molar-refractivity contribution in [2.45, 2.75) is 52.7 Å². The van der Waals surface area contributed by atoms with Gasteiger partial charge < -0.3 is 19.4 Å². The Hall–Kier alpha value is -3.52. The lowest BCUT2D eigenvalue weighted by Crippen LogP contribution is -2.41. The number of thiazole rings is 1. The molecule has 0 unspecified atom stereocenters. The van der Waals surface area contributed by atoms with Crippen LogP contribution in [0.5, 0.6) is 11.6 Å². The molecule has 1 aliphatic rings. The molecule has 4 aromatic rings. The van der Waals surface area contributed by atoms with Gasteiger partial charge in [0, 0.05) is 5.69 Å². The van der Waals surface area contributed by atoms with Crippen molar-refractivity contribution in [3.63, 3.8) is 0 Å². The molecule has 8 nitrogen and oxygen atoms in total. The largest absolute Gasteiger partial charge is 0.494 e. The van der Waals surface area contributed by atoms with E-state index in [4.69, 9.17) is 14.0 Å². The third kappa shape index (κ3) is 4.41. The molecule has 0 aliphatic carbocycles. The molecule has 1 fully saturated rings. The smallest absolute Gasteiger partial charge is 0.436 e. The molecule has 3 heterocycles. The van der Waals surface area contributed by atoms with Crippen molar-refractivity contribution in [1.82, 2.24) is 15.0 Å². The number of nitrogens with one attached hydrogen (secondary N) is 1. The fourth-order valence-corrected chi connectivity index (χ4v) is 4.62. The molecular formula is C26H26BN5O3S. The number of nitrogens with zero attached hydrogens (tertiary/aromatic N) is 4. The fourth-order valence-electron chi connectivity index (χ4n) is 3.97. The summed E-state index contributed by atoms with van der Waals surface area (Å²) in [6.07, 6.45) is 0. The van der Waals surface area contributed by atoms with Crippen molar-refractivity contribution < 1.29 is 14.0 Å². The van der Waals surface area contributed by atoms with Crippen molar-refractivity contribution in [3.8, 4) is 17.7 Å². The van der Waals surface area contributed by atoms with Crippen LogP contribution >= 0.6 is 11.3 Å². The summed E-state index contributed by atoms with van der Waals surface area (Å²) in [7, 11) is -0.423. The van der Waals surface area contributed by atoms with Crippen LogP contribution in [0.4, 0.5) is 11.6 Å². The second kappa shape index (κ2) is 8.85. The maximum atomic E-state index is 9.24. The zero-order valence-corrected chi connectivity index (χ0v) is 21.9. The van der Waals surface area contributed by atoms with E-state index in [9.17, 15) is 5.26 Å². The molecule has 10 heteroatoms. The van der Waals surface area contributed by atoms with Gasteiger partial charge in [0.15, 0.2) is 10.3 Å². The number of aryl methyl sites for hydroxylation is 2. The number of benzene rings is 2. The summed E-state index contributed by atoms with van der Waals surface area (Å²) < 4.78 is 18.5. The van der Waals surface area contributed by atoms with Crippen LogP contribution in [-0.4, -0.2) is 33.3 Å². The van der Waals surface area contributed by atoms with Crippen molar-refractivity contribution in [2.75, 3.05) is 5.32 Å². The van der Waals surface area contributed by atoms with Gasteiger partial charge in [-0.15, -0.1) is 11.3 Å². The topological polar surface area (TPSA) is 102 Å². The highest BCUT2D eigenvalue weighted by atomic mass is 32.1. The van der Waals surface area contributed by atoms with Crippen molar-refractivity contribution in [3.05, 3.63) is 58.6 Å². The lowest BCUT2D eigenvalue weighted by molar-refractivity contribution is 0.00578. The molecule has 5 rings (SSSR count). The molecule has 2 aromatic heterocycles. The molecule has 1 N–H and O–H groups in total. The number of aromatic nitrogens is 3. The minimum absolute atomic E-state index is 0.355. The SMILES string of the molecule is Cc1cc(C#N)cc(C)c1Oc1nc(Nc2ccc(B3OC(C)(C)C(C)(C)O3)cc2)nc2scnc12. The first kappa shape index (κ1) is 24.2. The van der Waals surface area contributed by atoms with Crippen molar-refractivity contribution in [2.24, 2.45) is 0 Å². The maximum Gasteiger partial charge on any atom is 0.494 e. The zero-order valence-electron chi connectivity index (χ0n) is 21.0. The van der Waals surface area contributed by atoms with E-state index in [0.29, 0.717) is 33.5 Å². The standard InChI is InChI=1S/C26H26BN5O3S/c1-15-11-17(13-28)12-16(2)21(15)33-22-20-23(36-14-29-20)32-24(31-22)30-19-9-7-18(8-10-19)27-34-25(3,4)26(5,6)35-27/h7-12,14H,1-6H3,(H,30,31,32). The molecule has 1 saturated heterocycles. The number of fused-ring (bicyclic) bond motifs is 1. The number of rotatable bonds is 5. The highest BCUT2D eigenvalue weighted by Crippen LogP contribution is 2.37. The number of hydrogen-bond donors (Lipinski definition) is 1. The second-order valence-corrected chi connectivity index (χ2v) is 10.7. The van der Waals surface area contributed by atoms with Crippen LogP contribution in [0.1, 0.15) is 44.4 Å². The second-order valence-electron chi connectivity index (χ2n) is 9.85. The highest BCUT2D eigenvalue weighted by molar-refractivity contribution is 7.16. The van der Waals surface area contributed by atoms with E-state index in [1.807, 2.05) is 65.8 Å². The van der Waals surface area contributed by atoms with Gasteiger partial charge in [-0.05, 0) is 82.4 Å². The highest BCUT2D eigenvalue weighted by Gasteiger charge is 2.51. The van der Waals surface area contributed by atoms with E-state index in [-0.39, 0.29) is 0 Å². The predicted octanol–water partition coefficient (Wildman–Crippen LogP) is 5.41. The minimum Gasteiger partial charge on any atom is -0.436 e. The average molecular weight is 499 g/mol. The van der Waals surface area contributed by atoms with Gasteiger partial charge in [0.1, 0.15) is 5.75 Å². The number of hydrogen-bond acceptors (Lipinski definition) is 9. The molecule has 0 atom stereocenters. The Morgan fingerprint density at radius 3 is 2.25 bits per heavy atom. The Morgan fingerprint density at radius 2 is 1.64 bits per heavy atom. The summed E-state index contributed by atoms with van der Waals surface area (Å²) in [4.78, 5) is 14.3. The van der Waals surface area contributed by atoms with E-state index < -0.39 is 18.3 Å². The van der Waals surface area contributed by atoms with Gasteiger partial charge in [-0.3, -0.25) is 0 Å². The molecule has 0 bridgehead atoms. The third-order valence-electron chi connectivity index (χ3n) is 6.65. The lowest BCUT2D eigenvalue weighted by atomic mass is 9.79. The number of nitriles is 1. The minimum atomic E-state index is -0.423. The zero-order chi connectivity index (χ0) is 25.7. The van der Waals surface area contributed by atoms with Crippen molar-refractivity contribution >= 4 is 45.9 Å². The van der Waals surface area contributed by atoms with Crippen LogP contribution < -0.4 is 15.5 Å². The molecule has 0 saturated carbocycles. The Bertz CT molecular complexity index is 1450.